The van der Waals surface area contributed by atoms with Gasteiger partial charge in [0.25, 0.3) is 5.91 Å². The maximum absolute atomic E-state index is 13.1. The molecule has 1 unspecified atom stereocenters. The van der Waals surface area contributed by atoms with E-state index in [-0.39, 0.29) is 17.9 Å². The zero-order chi connectivity index (χ0) is 19.6. The Kier molecular flexibility index (Phi) is 5.67. The number of aryl methyl sites for hydroxylation is 1. The zero-order valence-corrected chi connectivity index (χ0v) is 17.1. The standard InChI is InChI=1S/C21H26N2O3S/c1-14-12-17(22-20(25)21(2,3)4)27-18(14)19(24)23-10-11-26-16(13-23)15-8-6-5-7-9-15/h5-9,12,16H,10-11,13H2,1-4H3,(H,22,25). The highest BCUT2D eigenvalue weighted by molar-refractivity contribution is 7.18. The highest BCUT2D eigenvalue weighted by Crippen LogP contribution is 2.31. The maximum Gasteiger partial charge on any atom is 0.264 e. The summed E-state index contributed by atoms with van der Waals surface area (Å²) in [5, 5.41) is 3.63. The summed E-state index contributed by atoms with van der Waals surface area (Å²) in [4.78, 5) is 27.8. The first kappa shape index (κ1) is 19.6. The molecule has 0 aliphatic carbocycles. The van der Waals surface area contributed by atoms with E-state index >= 15 is 0 Å². The van der Waals surface area contributed by atoms with Gasteiger partial charge in [-0.2, -0.15) is 0 Å². The van der Waals surface area contributed by atoms with Gasteiger partial charge in [-0.05, 0) is 24.1 Å². The molecule has 1 aliphatic heterocycles. The highest BCUT2D eigenvalue weighted by atomic mass is 32.1. The smallest absolute Gasteiger partial charge is 0.264 e. The van der Waals surface area contributed by atoms with E-state index in [1.807, 2.05) is 69.0 Å². The van der Waals surface area contributed by atoms with E-state index < -0.39 is 5.41 Å². The number of carbonyl (C=O) groups is 2. The average molecular weight is 387 g/mol. The molecule has 0 saturated carbocycles. The number of amides is 2. The van der Waals surface area contributed by atoms with Crippen molar-refractivity contribution in [2.75, 3.05) is 25.0 Å². The molecule has 1 aliphatic rings. The molecule has 1 fully saturated rings. The number of morpholine rings is 1. The van der Waals surface area contributed by atoms with Gasteiger partial charge in [0.05, 0.1) is 23.0 Å². The van der Waals surface area contributed by atoms with Gasteiger partial charge < -0.3 is 15.0 Å². The van der Waals surface area contributed by atoms with Gasteiger partial charge in [-0.25, -0.2) is 0 Å². The van der Waals surface area contributed by atoms with Crippen molar-refractivity contribution in [1.29, 1.82) is 0 Å². The third-order valence-electron chi connectivity index (χ3n) is 4.55. The molecule has 1 aromatic heterocycles. The number of carbonyl (C=O) groups excluding carboxylic acids is 2. The topological polar surface area (TPSA) is 58.6 Å². The molecule has 6 heteroatoms. The number of benzene rings is 1. The first-order chi connectivity index (χ1) is 12.8. The number of hydrogen-bond donors (Lipinski definition) is 1. The van der Waals surface area contributed by atoms with Crippen molar-refractivity contribution in [1.82, 2.24) is 4.90 Å². The van der Waals surface area contributed by atoms with Gasteiger partial charge in [-0.3, -0.25) is 9.59 Å². The third kappa shape index (κ3) is 4.57. The van der Waals surface area contributed by atoms with Crippen LogP contribution in [0.3, 0.4) is 0 Å². The van der Waals surface area contributed by atoms with Crippen LogP contribution in [0.4, 0.5) is 5.00 Å². The lowest BCUT2D eigenvalue weighted by Gasteiger charge is -2.33. The Balaban J connectivity index is 1.73. The van der Waals surface area contributed by atoms with E-state index in [2.05, 4.69) is 5.32 Å². The van der Waals surface area contributed by atoms with Gasteiger partial charge in [0.15, 0.2) is 0 Å². The zero-order valence-electron chi connectivity index (χ0n) is 16.2. The van der Waals surface area contributed by atoms with Crippen LogP contribution in [0.1, 0.15) is 47.7 Å². The van der Waals surface area contributed by atoms with Crippen LogP contribution >= 0.6 is 11.3 Å². The Morgan fingerprint density at radius 1 is 1.22 bits per heavy atom. The van der Waals surface area contributed by atoms with Gasteiger partial charge in [0.1, 0.15) is 6.10 Å². The Hall–Kier alpha value is -2.18. The van der Waals surface area contributed by atoms with E-state index in [0.29, 0.717) is 29.6 Å². The van der Waals surface area contributed by atoms with Crippen LogP contribution in [-0.2, 0) is 9.53 Å². The Labute approximate surface area is 164 Å². The molecule has 3 rings (SSSR count). The largest absolute Gasteiger partial charge is 0.370 e. The second-order valence-corrected chi connectivity index (χ2v) is 8.90. The molecule has 2 heterocycles. The number of nitrogens with one attached hydrogen (secondary N) is 1. The van der Waals surface area contributed by atoms with E-state index in [1.165, 1.54) is 11.3 Å². The normalized spacial score (nSPS) is 17.6. The van der Waals surface area contributed by atoms with Gasteiger partial charge in [-0.15, -0.1) is 11.3 Å². The van der Waals surface area contributed by atoms with Crippen molar-refractivity contribution in [3.8, 4) is 0 Å². The lowest BCUT2D eigenvalue weighted by molar-refractivity contribution is -0.123. The van der Waals surface area contributed by atoms with Crippen LogP contribution in [0, 0.1) is 12.3 Å². The first-order valence-electron chi connectivity index (χ1n) is 9.13. The van der Waals surface area contributed by atoms with E-state index in [0.717, 1.165) is 11.1 Å². The average Bonchev–Trinajstić information content (AvgIpc) is 3.01. The van der Waals surface area contributed by atoms with Gasteiger partial charge in [-0.1, -0.05) is 51.1 Å². The summed E-state index contributed by atoms with van der Waals surface area (Å²) in [5.41, 5.74) is 1.49. The van der Waals surface area contributed by atoms with E-state index in [1.54, 1.807) is 0 Å². The minimum absolute atomic E-state index is 0.00186. The van der Waals surface area contributed by atoms with Crippen LogP contribution in [0.15, 0.2) is 36.4 Å². The number of thiophene rings is 1. The van der Waals surface area contributed by atoms with Gasteiger partial charge in [0.2, 0.25) is 5.91 Å². The van der Waals surface area contributed by atoms with Crippen LogP contribution in [-0.4, -0.2) is 36.4 Å². The molecular formula is C21H26N2O3S. The lowest BCUT2D eigenvalue weighted by atomic mass is 9.96. The number of anilines is 1. The molecule has 0 bridgehead atoms. The van der Waals surface area contributed by atoms with Gasteiger partial charge in [0, 0.05) is 12.0 Å². The Morgan fingerprint density at radius 2 is 1.93 bits per heavy atom. The number of hydrogen-bond acceptors (Lipinski definition) is 4. The molecule has 0 spiro atoms. The molecule has 2 aromatic rings. The van der Waals surface area contributed by atoms with Crippen LogP contribution in [0.2, 0.25) is 0 Å². The molecule has 5 nitrogen and oxygen atoms in total. The summed E-state index contributed by atoms with van der Waals surface area (Å²) in [6, 6.07) is 11.8. The second-order valence-electron chi connectivity index (χ2n) is 7.85. The third-order valence-corrected chi connectivity index (χ3v) is 5.70. The molecule has 0 radical (unpaired) electrons. The fourth-order valence-corrected chi connectivity index (χ4v) is 3.94. The first-order valence-corrected chi connectivity index (χ1v) is 9.95. The van der Waals surface area contributed by atoms with Crippen molar-refractivity contribution >= 4 is 28.2 Å². The summed E-state index contributed by atoms with van der Waals surface area (Å²) in [5.74, 6) is -0.0590. The van der Waals surface area contributed by atoms with Gasteiger partial charge >= 0.3 is 0 Å². The number of nitrogens with zero attached hydrogens (tertiary/aromatic N) is 1. The van der Waals surface area contributed by atoms with Crippen molar-refractivity contribution in [3.05, 3.63) is 52.4 Å². The van der Waals surface area contributed by atoms with Crippen molar-refractivity contribution in [2.45, 2.75) is 33.8 Å². The summed E-state index contributed by atoms with van der Waals surface area (Å²) >= 11 is 1.34. The monoisotopic (exact) mass is 386 g/mol. The molecule has 144 valence electrons. The van der Waals surface area contributed by atoms with E-state index in [4.69, 9.17) is 4.74 Å². The molecule has 2 amide bonds. The molecule has 27 heavy (non-hydrogen) atoms. The Bertz CT molecular complexity index is 824. The summed E-state index contributed by atoms with van der Waals surface area (Å²) in [7, 11) is 0. The molecule has 1 saturated heterocycles. The second kappa shape index (κ2) is 7.82. The van der Waals surface area contributed by atoms with Crippen LogP contribution in [0.25, 0.3) is 0 Å². The fourth-order valence-electron chi connectivity index (χ4n) is 2.90. The fraction of sp³-hybridized carbons (Fsp3) is 0.429. The summed E-state index contributed by atoms with van der Waals surface area (Å²) in [6.07, 6.45) is -0.107. The lowest BCUT2D eigenvalue weighted by Crippen LogP contribution is -2.42. The molecular weight excluding hydrogens is 360 g/mol. The minimum atomic E-state index is -0.477. The van der Waals surface area contributed by atoms with Crippen LogP contribution < -0.4 is 5.32 Å². The van der Waals surface area contributed by atoms with E-state index in [9.17, 15) is 9.59 Å². The van der Waals surface area contributed by atoms with Crippen molar-refractivity contribution in [2.24, 2.45) is 5.41 Å². The highest BCUT2D eigenvalue weighted by Gasteiger charge is 2.28. The van der Waals surface area contributed by atoms with Crippen LogP contribution in [0.5, 0.6) is 0 Å². The predicted molar refractivity (Wildman–Crippen MR) is 108 cm³/mol. The number of rotatable bonds is 3. The quantitative estimate of drug-likeness (QED) is 0.858. The number of ether oxygens (including phenoxy) is 1. The molecule has 1 atom stereocenters. The molecule has 1 N–H and O–H groups in total. The Morgan fingerprint density at radius 3 is 2.59 bits per heavy atom. The summed E-state index contributed by atoms with van der Waals surface area (Å²) < 4.78 is 5.86. The van der Waals surface area contributed by atoms with Crippen molar-refractivity contribution in [3.63, 3.8) is 0 Å². The SMILES string of the molecule is Cc1cc(NC(=O)C(C)(C)C)sc1C(=O)N1CCOC(c2ccccc2)C1. The predicted octanol–water partition coefficient (Wildman–Crippen LogP) is 4.25. The molecule has 1 aromatic carbocycles. The minimum Gasteiger partial charge on any atom is -0.370 e. The summed E-state index contributed by atoms with van der Waals surface area (Å²) in [6.45, 7) is 9.13. The van der Waals surface area contributed by atoms with Crippen molar-refractivity contribution < 1.29 is 14.3 Å². The maximum atomic E-state index is 13.1.